The molecule has 1 saturated heterocycles. The summed E-state index contributed by atoms with van der Waals surface area (Å²) in [6.07, 6.45) is 1.64. The van der Waals surface area contributed by atoms with Crippen molar-refractivity contribution in [3.63, 3.8) is 0 Å². The second-order valence-electron chi connectivity index (χ2n) is 9.99. The molecule has 2 unspecified atom stereocenters. The molecule has 5 rings (SSSR count). The molecule has 2 aliphatic rings. The number of likely N-dealkylation sites (tertiary alicyclic amines) is 1. The molecule has 8 heteroatoms. The second-order valence-corrected chi connectivity index (χ2v) is 10.9. The standard InChI is InChI=1S/C29H31BrN4O3/c1-6-25(36)33-15-24(31-19(5)35)28(33)34-18(4)26(23-14-21(30)13-16(2)27(23)34)29(37)32-12-11-20-9-7-8-10-22(20)17(32)3/h6-10,13-14,17,24,28H,1,11-12,15H2,2-5H3,(H,31,35)/t17-,24?,28?/m0/s1. The van der Waals surface area contributed by atoms with Gasteiger partial charge in [-0.1, -0.05) is 46.8 Å². The first-order valence-corrected chi connectivity index (χ1v) is 13.3. The summed E-state index contributed by atoms with van der Waals surface area (Å²) >= 11 is 3.62. The van der Waals surface area contributed by atoms with E-state index < -0.39 is 6.17 Å². The minimum atomic E-state index is -0.460. The number of aromatic nitrogens is 1. The zero-order chi connectivity index (χ0) is 26.6. The van der Waals surface area contributed by atoms with E-state index in [9.17, 15) is 14.4 Å². The average Bonchev–Trinajstić information content (AvgIpc) is 3.12. The highest BCUT2D eigenvalue weighted by molar-refractivity contribution is 9.10. The third-order valence-electron chi connectivity index (χ3n) is 7.75. The molecule has 3 aromatic rings. The molecule has 0 radical (unpaired) electrons. The normalized spacial score (nSPS) is 20.8. The zero-order valence-electron chi connectivity index (χ0n) is 21.5. The van der Waals surface area contributed by atoms with Crippen molar-refractivity contribution in [1.29, 1.82) is 0 Å². The molecule has 7 nitrogen and oxygen atoms in total. The molecule has 3 atom stereocenters. The Morgan fingerprint density at radius 1 is 1.14 bits per heavy atom. The lowest BCUT2D eigenvalue weighted by molar-refractivity contribution is -0.143. The fraction of sp³-hybridized carbons (Fsp3) is 0.345. The van der Waals surface area contributed by atoms with Crippen molar-refractivity contribution < 1.29 is 14.4 Å². The van der Waals surface area contributed by atoms with E-state index in [0.29, 0.717) is 18.7 Å². The van der Waals surface area contributed by atoms with Gasteiger partial charge in [0.15, 0.2) is 0 Å². The summed E-state index contributed by atoms with van der Waals surface area (Å²) in [6, 6.07) is 12.0. The van der Waals surface area contributed by atoms with Gasteiger partial charge in [-0.05, 0) is 62.1 Å². The molecule has 1 fully saturated rings. The molecule has 0 bridgehead atoms. The third-order valence-corrected chi connectivity index (χ3v) is 8.21. The Hall–Kier alpha value is -3.39. The number of hydrogen-bond acceptors (Lipinski definition) is 3. The van der Waals surface area contributed by atoms with Gasteiger partial charge in [0, 0.05) is 35.6 Å². The average molecular weight is 563 g/mol. The highest BCUT2D eigenvalue weighted by Gasteiger charge is 2.45. The van der Waals surface area contributed by atoms with Crippen molar-refractivity contribution in [2.75, 3.05) is 13.1 Å². The summed E-state index contributed by atoms with van der Waals surface area (Å²) in [4.78, 5) is 42.6. The predicted molar refractivity (Wildman–Crippen MR) is 147 cm³/mol. The number of carbonyl (C=O) groups excluding carboxylic acids is 3. The molecule has 37 heavy (non-hydrogen) atoms. The quantitative estimate of drug-likeness (QED) is 0.463. The fourth-order valence-electron chi connectivity index (χ4n) is 6.05. The minimum Gasteiger partial charge on any atom is -0.348 e. The van der Waals surface area contributed by atoms with E-state index in [0.717, 1.165) is 33.1 Å². The van der Waals surface area contributed by atoms with Crippen LogP contribution >= 0.6 is 15.9 Å². The SMILES string of the molecule is C=CC(=O)N1CC(NC(C)=O)C1n1c(C)c(C(=O)N2CCc3ccccc3[C@@H]2C)c2cc(Br)cc(C)c21. The van der Waals surface area contributed by atoms with Crippen LogP contribution in [0.2, 0.25) is 0 Å². The first-order valence-electron chi connectivity index (χ1n) is 12.5. The van der Waals surface area contributed by atoms with E-state index in [2.05, 4.69) is 51.4 Å². The summed E-state index contributed by atoms with van der Waals surface area (Å²) in [7, 11) is 0. The molecule has 0 aliphatic carbocycles. The van der Waals surface area contributed by atoms with Crippen LogP contribution < -0.4 is 5.32 Å². The largest absolute Gasteiger partial charge is 0.348 e. The predicted octanol–water partition coefficient (Wildman–Crippen LogP) is 4.81. The van der Waals surface area contributed by atoms with Crippen molar-refractivity contribution >= 4 is 44.6 Å². The highest BCUT2D eigenvalue weighted by atomic mass is 79.9. The van der Waals surface area contributed by atoms with E-state index in [-0.39, 0.29) is 29.8 Å². The summed E-state index contributed by atoms with van der Waals surface area (Å²) in [5, 5.41) is 3.82. The number of fused-ring (bicyclic) bond motifs is 2. The van der Waals surface area contributed by atoms with E-state index in [1.807, 2.05) is 43.0 Å². The molecule has 0 spiro atoms. The summed E-state index contributed by atoms with van der Waals surface area (Å²) < 4.78 is 2.94. The van der Waals surface area contributed by atoms with Crippen molar-refractivity contribution in [2.24, 2.45) is 0 Å². The van der Waals surface area contributed by atoms with E-state index in [4.69, 9.17) is 0 Å². The van der Waals surface area contributed by atoms with Crippen molar-refractivity contribution in [3.8, 4) is 0 Å². The van der Waals surface area contributed by atoms with Crippen LogP contribution in [0.5, 0.6) is 0 Å². The number of benzene rings is 2. The lowest BCUT2D eigenvalue weighted by atomic mass is 9.93. The van der Waals surface area contributed by atoms with Crippen LogP contribution in [0.3, 0.4) is 0 Å². The molecular formula is C29H31BrN4O3. The maximum Gasteiger partial charge on any atom is 0.256 e. The Kier molecular flexibility index (Phi) is 6.48. The summed E-state index contributed by atoms with van der Waals surface area (Å²) in [5.41, 5.74) is 5.72. The fourth-order valence-corrected chi connectivity index (χ4v) is 6.63. The van der Waals surface area contributed by atoms with Crippen molar-refractivity contribution in [3.05, 3.63) is 81.5 Å². The van der Waals surface area contributed by atoms with Crippen LogP contribution in [0.25, 0.3) is 10.9 Å². The van der Waals surface area contributed by atoms with Gasteiger partial charge in [0.1, 0.15) is 6.17 Å². The zero-order valence-corrected chi connectivity index (χ0v) is 23.1. The first kappa shape index (κ1) is 25.3. The van der Waals surface area contributed by atoms with Gasteiger partial charge in [0.2, 0.25) is 11.8 Å². The Labute approximate surface area is 225 Å². The number of carbonyl (C=O) groups is 3. The molecular weight excluding hydrogens is 532 g/mol. The lowest BCUT2D eigenvalue weighted by Gasteiger charge is -2.49. The van der Waals surface area contributed by atoms with Gasteiger partial charge in [-0.15, -0.1) is 0 Å². The van der Waals surface area contributed by atoms with E-state index in [1.54, 1.807) is 4.90 Å². The van der Waals surface area contributed by atoms with E-state index >= 15 is 0 Å². The van der Waals surface area contributed by atoms with Crippen LogP contribution in [0, 0.1) is 13.8 Å². The number of amides is 3. The smallest absolute Gasteiger partial charge is 0.256 e. The molecule has 2 aliphatic heterocycles. The molecule has 3 amide bonds. The Balaban J connectivity index is 1.67. The number of rotatable bonds is 4. The van der Waals surface area contributed by atoms with Crippen LogP contribution in [0.1, 0.15) is 58.8 Å². The minimum absolute atomic E-state index is 0.0299. The third kappa shape index (κ3) is 4.07. The van der Waals surface area contributed by atoms with Gasteiger partial charge in [-0.2, -0.15) is 0 Å². The number of halogens is 1. The number of nitrogens with zero attached hydrogens (tertiary/aromatic N) is 3. The van der Waals surface area contributed by atoms with Gasteiger partial charge in [0.05, 0.1) is 23.2 Å². The van der Waals surface area contributed by atoms with Crippen molar-refractivity contribution in [1.82, 2.24) is 19.7 Å². The van der Waals surface area contributed by atoms with Crippen LogP contribution in [-0.4, -0.2) is 51.2 Å². The van der Waals surface area contributed by atoms with Gasteiger partial charge in [-0.3, -0.25) is 14.4 Å². The Morgan fingerprint density at radius 3 is 2.57 bits per heavy atom. The second kappa shape index (κ2) is 9.49. The number of aryl methyl sites for hydroxylation is 1. The maximum absolute atomic E-state index is 14.3. The first-order chi connectivity index (χ1) is 17.6. The topological polar surface area (TPSA) is 74.6 Å². The lowest BCUT2D eigenvalue weighted by Crippen LogP contribution is -2.64. The Morgan fingerprint density at radius 2 is 1.86 bits per heavy atom. The maximum atomic E-state index is 14.3. The Bertz CT molecular complexity index is 1460. The van der Waals surface area contributed by atoms with Crippen molar-refractivity contribution in [2.45, 2.75) is 52.4 Å². The number of hydrogen-bond donors (Lipinski definition) is 1. The molecule has 1 N–H and O–H groups in total. The molecule has 2 aromatic carbocycles. The van der Waals surface area contributed by atoms with Gasteiger partial charge in [0.25, 0.3) is 5.91 Å². The summed E-state index contributed by atoms with van der Waals surface area (Å²) in [6.45, 7) is 12.2. The number of nitrogens with one attached hydrogen (secondary N) is 1. The van der Waals surface area contributed by atoms with E-state index in [1.165, 1.54) is 24.1 Å². The molecule has 192 valence electrons. The van der Waals surface area contributed by atoms with Gasteiger partial charge >= 0.3 is 0 Å². The monoisotopic (exact) mass is 562 g/mol. The molecule has 0 saturated carbocycles. The van der Waals surface area contributed by atoms with Crippen LogP contribution in [0.15, 0.2) is 53.5 Å². The van der Waals surface area contributed by atoms with Gasteiger partial charge in [-0.25, -0.2) is 0 Å². The van der Waals surface area contributed by atoms with Gasteiger partial charge < -0.3 is 19.7 Å². The highest BCUT2D eigenvalue weighted by Crippen LogP contribution is 2.41. The molecule has 3 heterocycles. The van der Waals surface area contributed by atoms with Crippen LogP contribution in [0.4, 0.5) is 0 Å². The van der Waals surface area contributed by atoms with Crippen LogP contribution in [-0.2, 0) is 16.0 Å². The molecule has 1 aromatic heterocycles. The summed E-state index contributed by atoms with van der Waals surface area (Å²) in [5.74, 6) is -0.402.